The first-order valence-electron chi connectivity index (χ1n) is 9.55. The summed E-state index contributed by atoms with van der Waals surface area (Å²) in [6.07, 6.45) is 5.29. The van der Waals surface area contributed by atoms with Crippen molar-refractivity contribution in [2.24, 2.45) is 0 Å². The molecule has 0 saturated heterocycles. The molecule has 1 aliphatic carbocycles. The number of hydrogen-bond donors (Lipinski definition) is 0. The van der Waals surface area contributed by atoms with Crippen molar-refractivity contribution in [3.8, 4) is 0 Å². The summed E-state index contributed by atoms with van der Waals surface area (Å²) in [7, 11) is -3.35. The number of nitrogens with zero attached hydrogens (tertiary/aromatic N) is 1. The third-order valence-electron chi connectivity index (χ3n) is 6.16. The number of benzene rings is 2. The van der Waals surface area contributed by atoms with Crippen molar-refractivity contribution in [2.45, 2.75) is 49.5 Å². The number of fused-ring (bicyclic) bond motifs is 2. The van der Waals surface area contributed by atoms with Crippen LogP contribution in [-0.2, 0) is 28.2 Å². The van der Waals surface area contributed by atoms with E-state index in [1.807, 2.05) is 17.9 Å². The Bertz CT molecular complexity index is 1010. The molecular formula is C22H25NO3S. The molecule has 4 rings (SSSR count). The normalized spacial score (nSPS) is 18.1. The van der Waals surface area contributed by atoms with E-state index in [2.05, 4.69) is 18.2 Å². The first-order valence-corrected chi connectivity index (χ1v) is 11.4. The highest BCUT2D eigenvalue weighted by atomic mass is 32.2. The Kier molecular flexibility index (Phi) is 4.38. The molecule has 2 aliphatic rings. The van der Waals surface area contributed by atoms with Crippen LogP contribution >= 0.6 is 0 Å². The van der Waals surface area contributed by atoms with E-state index >= 15 is 0 Å². The molecule has 27 heavy (non-hydrogen) atoms. The number of hydrogen-bond acceptors (Lipinski definition) is 3. The molecule has 1 aliphatic heterocycles. The molecule has 0 bridgehead atoms. The molecule has 5 heteroatoms. The Morgan fingerprint density at radius 1 is 1.15 bits per heavy atom. The lowest BCUT2D eigenvalue weighted by Gasteiger charge is -2.50. The van der Waals surface area contributed by atoms with Crippen LogP contribution in [0.15, 0.2) is 47.4 Å². The summed E-state index contributed by atoms with van der Waals surface area (Å²) in [5.74, 6) is -0.0573. The van der Waals surface area contributed by atoms with Gasteiger partial charge < -0.3 is 4.90 Å². The minimum absolute atomic E-state index is 0.0573. The lowest BCUT2D eigenvalue weighted by atomic mass is 9.61. The van der Waals surface area contributed by atoms with E-state index in [9.17, 15) is 13.2 Å². The Hall–Kier alpha value is -2.14. The van der Waals surface area contributed by atoms with Gasteiger partial charge in [-0.1, -0.05) is 43.7 Å². The maximum Gasteiger partial charge on any atom is 0.254 e. The first kappa shape index (κ1) is 18.2. The molecule has 1 saturated carbocycles. The molecule has 1 spiro atoms. The number of sulfone groups is 1. The fourth-order valence-corrected chi connectivity index (χ4v) is 5.17. The third-order valence-corrected chi connectivity index (χ3v) is 7.27. The summed E-state index contributed by atoms with van der Waals surface area (Å²) >= 11 is 0. The molecule has 1 heterocycles. The Balaban J connectivity index is 1.74. The van der Waals surface area contributed by atoms with Crippen LogP contribution in [0.4, 0.5) is 0 Å². The Morgan fingerprint density at radius 2 is 1.89 bits per heavy atom. The summed E-state index contributed by atoms with van der Waals surface area (Å²) in [6.45, 7) is 3.29. The van der Waals surface area contributed by atoms with Crippen LogP contribution in [0, 0.1) is 0 Å². The van der Waals surface area contributed by atoms with Crippen LogP contribution in [0.5, 0.6) is 0 Å². The lowest BCUT2D eigenvalue weighted by Crippen LogP contribution is -2.51. The van der Waals surface area contributed by atoms with Crippen molar-refractivity contribution in [3.05, 3.63) is 64.7 Å². The SMILES string of the molecule is CCc1ccc(S(C)(=O)=O)cc1C(=O)N1Cc2ccccc2C2(CCC2)C1. The molecular weight excluding hydrogens is 358 g/mol. The molecule has 0 atom stereocenters. The maximum absolute atomic E-state index is 13.4. The Morgan fingerprint density at radius 3 is 2.52 bits per heavy atom. The maximum atomic E-state index is 13.4. The van der Waals surface area contributed by atoms with Crippen LogP contribution in [-0.4, -0.2) is 32.0 Å². The van der Waals surface area contributed by atoms with Crippen molar-refractivity contribution in [1.82, 2.24) is 4.90 Å². The monoisotopic (exact) mass is 383 g/mol. The van der Waals surface area contributed by atoms with Gasteiger partial charge >= 0.3 is 0 Å². The minimum atomic E-state index is -3.35. The highest BCUT2D eigenvalue weighted by molar-refractivity contribution is 7.90. The Labute approximate surface area is 161 Å². The van der Waals surface area contributed by atoms with Gasteiger partial charge in [-0.2, -0.15) is 0 Å². The molecule has 142 valence electrons. The van der Waals surface area contributed by atoms with E-state index in [0.717, 1.165) is 24.9 Å². The second kappa shape index (κ2) is 6.48. The zero-order valence-electron chi connectivity index (χ0n) is 15.9. The summed E-state index contributed by atoms with van der Waals surface area (Å²) in [5.41, 5.74) is 4.10. The summed E-state index contributed by atoms with van der Waals surface area (Å²) in [4.78, 5) is 15.6. The molecule has 1 amide bonds. The van der Waals surface area contributed by atoms with Crippen LogP contribution in [0.25, 0.3) is 0 Å². The van der Waals surface area contributed by atoms with Gasteiger partial charge in [0.2, 0.25) is 0 Å². The number of carbonyl (C=O) groups is 1. The summed E-state index contributed by atoms with van der Waals surface area (Å²) < 4.78 is 24.0. The van der Waals surface area contributed by atoms with Gasteiger partial charge in [-0.3, -0.25) is 4.79 Å². The van der Waals surface area contributed by atoms with Crippen molar-refractivity contribution in [2.75, 3.05) is 12.8 Å². The van der Waals surface area contributed by atoms with Gasteiger partial charge in [0.1, 0.15) is 0 Å². The second-order valence-electron chi connectivity index (χ2n) is 7.90. The number of amides is 1. The van der Waals surface area contributed by atoms with Crippen LogP contribution in [0.3, 0.4) is 0 Å². The van der Waals surface area contributed by atoms with Crippen molar-refractivity contribution < 1.29 is 13.2 Å². The molecule has 0 aromatic heterocycles. The topological polar surface area (TPSA) is 54.5 Å². The first-order chi connectivity index (χ1) is 12.8. The fraction of sp³-hybridized carbons (Fsp3) is 0.409. The quantitative estimate of drug-likeness (QED) is 0.811. The molecule has 0 radical (unpaired) electrons. The highest BCUT2D eigenvalue weighted by Crippen LogP contribution is 2.48. The number of rotatable bonds is 3. The van der Waals surface area contributed by atoms with Gasteiger partial charge in [-0.05, 0) is 48.1 Å². The molecule has 4 nitrogen and oxygen atoms in total. The predicted molar refractivity (Wildman–Crippen MR) is 106 cm³/mol. The lowest BCUT2D eigenvalue weighted by molar-refractivity contribution is 0.0586. The van der Waals surface area contributed by atoms with Crippen molar-refractivity contribution >= 4 is 15.7 Å². The van der Waals surface area contributed by atoms with Crippen molar-refractivity contribution in [3.63, 3.8) is 0 Å². The molecule has 2 aromatic carbocycles. The zero-order valence-corrected chi connectivity index (χ0v) is 16.7. The van der Waals surface area contributed by atoms with E-state index in [0.29, 0.717) is 18.5 Å². The smallest absolute Gasteiger partial charge is 0.254 e. The van der Waals surface area contributed by atoms with Gasteiger partial charge in [0.25, 0.3) is 5.91 Å². The van der Waals surface area contributed by atoms with Gasteiger partial charge in [0.05, 0.1) is 4.90 Å². The molecule has 0 N–H and O–H groups in total. The van der Waals surface area contributed by atoms with E-state index in [-0.39, 0.29) is 16.2 Å². The van der Waals surface area contributed by atoms with Crippen LogP contribution in [0.1, 0.15) is 53.2 Å². The standard InChI is InChI=1S/C22H25NO3S/c1-3-16-9-10-18(27(2,25)26)13-19(16)21(24)23-14-17-7-4-5-8-20(17)22(15-23)11-6-12-22/h4-5,7-10,13H,3,6,11-12,14-15H2,1-2H3. The summed E-state index contributed by atoms with van der Waals surface area (Å²) in [5, 5.41) is 0. The van der Waals surface area contributed by atoms with Crippen LogP contribution < -0.4 is 0 Å². The average Bonchev–Trinajstić information content (AvgIpc) is 2.63. The van der Waals surface area contributed by atoms with E-state index in [1.165, 1.54) is 23.8 Å². The minimum Gasteiger partial charge on any atom is -0.333 e. The molecule has 0 unspecified atom stereocenters. The number of carbonyl (C=O) groups excluding carboxylic acids is 1. The number of aryl methyl sites for hydroxylation is 1. The third kappa shape index (κ3) is 3.08. The zero-order chi connectivity index (χ0) is 19.2. The van der Waals surface area contributed by atoms with Gasteiger partial charge in [0, 0.05) is 30.3 Å². The second-order valence-corrected chi connectivity index (χ2v) is 9.91. The molecule has 2 aromatic rings. The summed E-state index contributed by atoms with van der Waals surface area (Å²) in [6, 6.07) is 13.4. The van der Waals surface area contributed by atoms with Crippen LogP contribution in [0.2, 0.25) is 0 Å². The highest BCUT2D eigenvalue weighted by Gasteiger charge is 2.45. The van der Waals surface area contributed by atoms with E-state index in [4.69, 9.17) is 0 Å². The molecule has 1 fully saturated rings. The van der Waals surface area contributed by atoms with Gasteiger partial charge in [0.15, 0.2) is 9.84 Å². The van der Waals surface area contributed by atoms with Gasteiger partial charge in [-0.15, -0.1) is 0 Å². The van der Waals surface area contributed by atoms with Gasteiger partial charge in [-0.25, -0.2) is 8.42 Å². The largest absolute Gasteiger partial charge is 0.333 e. The van der Waals surface area contributed by atoms with E-state index in [1.54, 1.807) is 18.2 Å². The van der Waals surface area contributed by atoms with E-state index < -0.39 is 9.84 Å². The predicted octanol–water partition coefficient (Wildman–Crippen LogP) is 3.73. The average molecular weight is 384 g/mol. The van der Waals surface area contributed by atoms with Crippen molar-refractivity contribution in [1.29, 1.82) is 0 Å². The fourth-order valence-electron chi connectivity index (χ4n) is 4.53.